The lowest BCUT2D eigenvalue weighted by molar-refractivity contribution is -0.130. The van der Waals surface area contributed by atoms with Gasteiger partial charge in [-0.25, -0.2) is 0 Å². The molecule has 1 atom stereocenters. The SMILES string of the molecule is O=C(NC1(CO)CCCC1)[C@H]1CC(=O)N(CCOc2ccccc2Cl)C1. The van der Waals surface area contributed by atoms with Gasteiger partial charge in [0.05, 0.1) is 29.6 Å². The van der Waals surface area contributed by atoms with Gasteiger partial charge in [0.15, 0.2) is 0 Å². The molecule has 1 saturated heterocycles. The molecule has 6 nitrogen and oxygen atoms in total. The average molecular weight is 381 g/mol. The zero-order valence-corrected chi connectivity index (χ0v) is 15.5. The van der Waals surface area contributed by atoms with Crippen molar-refractivity contribution >= 4 is 23.4 Å². The monoisotopic (exact) mass is 380 g/mol. The molecule has 7 heteroatoms. The van der Waals surface area contributed by atoms with Crippen molar-refractivity contribution in [2.45, 2.75) is 37.6 Å². The number of ether oxygens (including phenoxy) is 1. The number of halogens is 1. The minimum atomic E-state index is -0.499. The number of likely N-dealkylation sites (tertiary alicyclic amines) is 1. The number of nitrogens with one attached hydrogen (secondary N) is 1. The largest absolute Gasteiger partial charge is 0.490 e. The number of carbonyl (C=O) groups is 2. The Bertz CT molecular complexity index is 661. The maximum absolute atomic E-state index is 12.5. The van der Waals surface area contributed by atoms with E-state index in [1.807, 2.05) is 12.1 Å². The summed E-state index contributed by atoms with van der Waals surface area (Å²) >= 11 is 6.04. The van der Waals surface area contributed by atoms with Crippen LogP contribution in [0.5, 0.6) is 5.75 Å². The molecule has 0 spiro atoms. The molecule has 2 fully saturated rings. The number of hydrogen-bond acceptors (Lipinski definition) is 4. The van der Waals surface area contributed by atoms with Crippen LogP contribution >= 0.6 is 11.6 Å². The number of amides is 2. The van der Waals surface area contributed by atoms with Crippen molar-refractivity contribution in [3.05, 3.63) is 29.3 Å². The fourth-order valence-corrected chi connectivity index (χ4v) is 3.92. The van der Waals surface area contributed by atoms with Crippen molar-refractivity contribution < 1.29 is 19.4 Å². The van der Waals surface area contributed by atoms with Crippen LogP contribution in [-0.2, 0) is 9.59 Å². The van der Waals surface area contributed by atoms with Gasteiger partial charge in [-0.3, -0.25) is 9.59 Å². The van der Waals surface area contributed by atoms with E-state index in [2.05, 4.69) is 5.32 Å². The van der Waals surface area contributed by atoms with Crippen molar-refractivity contribution in [3.8, 4) is 5.75 Å². The van der Waals surface area contributed by atoms with E-state index < -0.39 is 5.54 Å². The van der Waals surface area contributed by atoms with Gasteiger partial charge in [-0.2, -0.15) is 0 Å². The van der Waals surface area contributed by atoms with E-state index in [1.54, 1.807) is 17.0 Å². The second-order valence-electron chi connectivity index (χ2n) is 7.15. The van der Waals surface area contributed by atoms with Crippen LogP contribution in [-0.4, -0.2) is 53.7 Å². The average Bonchev–Trinajstić information content (AvgIpc) is 3.24. The fourth-order valence-electron chi connectivity index (χ4n) is 3.73. The summed E-state index contributed by atoms with van der Waals surface area (Å²) in [4.78, 5) is 26.4. The molecule has 142 valence electrons. The summed E-state index contributed by atoms with van der Waals surface area (Å²) in [6, 6.07) is 7.19. The number of para-hydroxylation sites is 1. The number of rotatable bonds is 7. The Morgan fingerprint density at radius 2 is 2.08 bits per heavy atom. The van der Waals surface area contributed by atoms with E-state index in [0.29, 0.717) is 30.5 Å². The standard InChI is InChI=1S/C19H25ClN2O4/c20-15-5-1-2-6-16(15)26-10-9-22-12-14(11-17(22)24)18(25)21-19(13-23)7-3-4-8-19/h1-2,5-6,14,23H,3-4,7-13H2,(H,21,25)/t14-/m0/s1. The van der Waals surface area contributed by atoms with Gasteiger partial charge < -0.3 is 20.1 Å². The van der Waals surface area contributed by atoms with Gasteiger partial charge >= 0.3 is 0 Å². The normalized spacial score (nSPS) is 21.8. The van der Waals surface area contributed by atoms with E-state index in [4.69, 9.17) is 16.3 Å². The van der Waals surface area contributed by atoms with Crippen molar-refractivity contribution in [1.82, 2.24) is 10.2 Å². The first kappa shape index (κ1) is 19.0. The minimum absolute atomic E-state index is 0.0441. The number of hydrogen-bond donors (Lipinski definition) is 2. The highest BCUT2D eigenvalue weighted by molar-refractivity contribution is 6.32. The first-order chi connectivity index (χ1) is 12.5. The lowest BCUT2D eigenvalue weighted by atomic mass is 9.97. The summed E-state index contributed by atoms with van der Waals surface area (Å²) in [6.07, 6.45) is 3.82. The quantitative estimate of drug-likeness (QED) is 0.758. The third kappa shape index (κ3) is 4.30. The van der Waals surface area contributed by atoms with Crippen LogP contribution in [0.15, 0.2) is 24.3 Å². The van der Waals surface area contributed by atoms with Crippen LogP contribution in [0.3, 0.4) is 0 Å². The van der Waals surface area contributed by atoms with Crippen molar-refractivity contribution in [1.29, 1.82) is 0 Å². The highest BCUT2D eigenvalue weighted by atomic mass is 35.5. The summed E-state index contributed by atoms with van der Waals surface area (Å²) in [5, 5.41) is 13.2. The van der Waals surface area contributed by atoms with Gasteiger partial charge in [-0.05, 0) is 25.0 Å². The molecule has 1 heterocycles. The van der Waals surface area contributed by atoms with E-state index in [-0.39, 0.29) is 30.8 Å². The number of aliphatic hydroxyl groups is 1. The van der Waals surface area contributed by atoms with Crippen molar-refractivity contribution in [2.24, 2.45) is 5.92 Å². The van der Waals surface area contributed by atoms with Gasteiger partial charge in [0.2, 0.25) is 11.8 Å². The molecule has 1 saturated carbocycles. The van der Waals surface area contributed by atoms with Crippen LogP contribution in [0.1, 0.15) is 32.1 Å². The fraction of sp³-hybridized carbons (Fsp3) is 0.579. The molecule has 0 radical (unpaired) electrons. The molecule has 1 aliphatic carbocycles. The Labute approximate surface area is 158 Å². The van der Waals surface area contributed by atoms with Crippen LogP contribution in [0, 0.1) is 5.92 Å². The first-order valence-electron chi connectivity index (χ1n) is 9.11. The Balaban J connectivity index is 1.48. The predicted molar refractivity (Wildman–Crippen MR) is 98.1 cm³/mol. The summed E-state index contributed by atoms with van der Waals surface area (Å²) in [5.41, 5.74) is -0.499. The van der Waals surface area contributed by atoms with Crippen LogP contribution in [0.4, 0.5) is 0 Å². The number of nitrogens with zero attached hydrogens (tertiary/aromatic N) is 1. The van der Waals surface area contributed by atoms with Crippen LogP contribution in [0.2, 0.25) is 5.02 Å². The molecule has 0 bridgehead atoms. The zero-order chi connectivity index (χ0) is 18.6. The van der Waals surface area contributed by atoms with Gasteiger partial charge in [-0.1, -0.05) is 36.6 Å². The van der Waals surface area contributed by atoms with Crippen LogP contribution in [0.25, 0.3) is 0 Å². The second-order valence-corrected chi connectivity index (χ2v) is 7.56. The van der Waals surface area contributed by atoms with Crippen LogP contribution < -0.4 is 10.1 Å². The molecular weight excluding hydrogens is 356 g/mol. The zero-order valence-electron chi connectivity index (χ0n) is 14.7. The maximum atomic E-state index is 12.5. The lowest BCUT2D eigenvalue weighted by Gasteiger charge is -2.29. The van der Waals surface area contributed by atoms with Gasteiger partial charge in [0.25, 0.3) is 0 Å². The summed E-state index contributed by atoms with van der Waals surface area (Å²) in [7, 11) is 0. The molecule has 1 aromatic carbocycles. The van der Waals surface area contributed by atoms with E-state index in [9.17, 15) is 14.7 Å². The lowest BCUT2D eigenvalue weighted by Crippen LogP contribution is -2.51. The number of carbonyl (C=O) groups excluding carboxylic acids is 2. The Hall–Kier alpha value is -1.79. The third-order valence-corrected chi connectivity index (χ3v) is 5.60. The van der Waals surface area contributed by atoms with E-state index in [1.165, 1.54) is 0 Å². The highest BCUT2D eigenvalue weighted by Crippen LogP contribution is 2.30. The molecule has 1 aliphatic heterocycles. The van der Waals surface area contributed by atoms with Gasteiger partial charge in [0.1, 0.15) is 12.4 Å². The smallest absolute Gasteiger partial charge is 0.225 e. The summed E-state index contributed by atoms with van der Waals surface area (Å²) in [5.74, 6) is 0.0364. The summed E-state index contributed by atoms with van der Waals surface area (Å²) < 4.78 is 5.62. The van der Waals surface area contributed by atoms with E-state index >= 15 is 0 Å². The van der Waals surface area contributed by atoms with Crippen molar-refractivity contribution in [3.63, 3.8) is 0 Å². The molecular formula is C19H25ClN2O4. The Kier molecular flexibility index (Phi) is 6.04. The molecule has 0 unspecified atom stereocenters. The molecule has 1 aromatic rings. The van der Waals surface area contributed by atoms with E-state index in [0.717, 1.165) is 25.7 Å². The maximum Gasteiger partial charge on any atom is 0.225 e. The molecule has 26 heavy (non-hydrogen) atoms. The molecule has 0 aromatic heterocycles. The number of benzene rings is 1. The Morgan fingerprint density at radius 3 is 2.77 bits per heavy atom. The first-order valence-corrected chi connectivity index (χ1v) is 9.49. The third-order valence-electron chi connectivity index (χ3n) is 5.29. The minimum Gasteiger partial charge on any atom is -0.490 e. The molecule has 2 aliphatic rings. The predicted octanol–water partition coefficient (Wildman–Crippen LogP) is 1.99. The topological polar surface area (TPSA) is 78.9 Å². The second kappa shape index (κ2) is 8.27. The Morgan fingerprint density at radius 1 is 1.35 bits per heavy atom. The van der Waals surface area contributed by atoms with Crippen molar-refractivity contribution in [2.75, 3.05) is 26.3 Å². The highest BCUT2D eigenvalue weighted by Gasteiger charge is 2.40. The van der Waals surface area contributed by atoms with Gasteiger partial charge in [-0.15, -0.1) is 0 Å². The van der Waals surface area contributed by atoms with Gasteiger partial charge in [0, 0.05) is 13.0 Å². The molecule has 3 rings (SSSR count). The molecule has 2 amide bonds. The number of aliphatic hydroxyl groups excluding tert-OH is 1. The molecule has 2 N–H and O–H groups in total. The summed E-state index contributed by atoms with van der Waals surface area (Å²) in [6.45, 7) is 1.08.